The minimum atomic E-state index is 0.723. The average molecular weight is 309 g/mol. The van der Waals surface area contributed by atoms with Gasteiger partial charge in [-0.15, -0.1) is 0 Å². The highest BCUT2D eigenvalue weighted by molar-refractivity contribution is 6.30. The van der Waals surface area contributed by atoms with Gasteiger partial charge < -0.3 is 4.57 Å². The molecule has 108 valence electrons. The standard InChI is InChI=1S/C17H13ClN4/c1-21-15(7-9-20-21)16-10-12-6-8-19-11-17(12)22(16)14-4-2-13(18)3-5-14/h2-11H,1H3. The zero-order valence-electron chi connectivity index (χ0n) is 11.9. The lowest BCUT2D eigenvalue weighted by Crippen LogP contribution is -2.00. The molecule has 4 rings (SSSR count). The van der Waals surface area contributed by atoms with E-state index in [1.807, 2.05) is 60.5 Å². The maximum atomic E-state index is 6.02. The van der Waals surface area contributed by atoms with Crippen LogP contribution in [0.4, 0.5) is 0 Å². The largest absolute Gasteiger partial charge is 0.306 e. The third-order valence-corrected chi connectivity index (χ3v) is 4.03. The van der Waals surface area contributed by atoms with Crippen molar-refractivity contribution in [1.82, 2.24) is 19.3 Å². The molecule has 0 unspecified atom stereocenters. The molecule has 4 nitrogen and oxygen atoms in total. The van der Waals surface area contributed by atoms with Gasteiger partial charge in [0.05, 0.1) is 23.1 Å². The second-order valence-corrected chi connectivity index (χ2v) is 5.55. The molecule has 0 radical (unpaired) electrons. The van der Waals surface area contributed by atoms with Crippen LogP contribution in [0, 0.1) is 0 Å². The van der Waals surface area contributed by atoms with Crippen molar-refractivity contribution in [3.05, 3.63) is 66.1 Å². The summed E-state index contributed by atoms with van der Waals surface area (Å²) in [4.78, 5) is 4.26. The van der Waals surface area contributed by atoms with E-state index in [1.54, 1.807) is 6.20 Å². The minimum absolute atomic E-state index is 0.723. The van der Waals surface area contributed by atoms with Crippen LogP contribution in [-0.4, -0.2) is 19.3 Å². The van der Waals surface area contributed by atoms with Crippen LogP contribution < -0.4 is 0 Å². The van der Waals surface area contributed by atoms with Gasteiger partial charge in [-0.25, -0.2) is 0 Å². The maximum Gasteiger partial charge on any atom is 0.0847 e. The second kappa shape index (κ2) is 5.00. The number of aryl methyl sites for hydroxylation is 1. The van der Waals surface area contributed by atoms with Crippen LogP contribution in [0.2, 0.25) is 5.02 Å². The summed E-state index contributed by atoms with van der Waals surface area (Å²) in [5.74, 6) is 0. The Morgan fingerprint density at radius 3 is 2.50 bits per heavy atom. The Bertz CT molecular complexity index is 950. The highest BCUT2D eigenvalue weighted by atomic mass is 35.5. The Morgan fingerprint density at radius 1 is 0.955 bits per heavy atom. The quantitative estimate of drug-likeness (QED) is 0.559. The summed E-state index contributed by atoms with van der Waals surface area (Å²) >= 11 is 6.02. The van der Waals surface area contributed by atoms with E-state index in [-0.39, 0.29) is 0 Å². The van der Waals surface area contributed by atoms with Crippen molar-refractivity contribution in [3.63, 3.8) is 0 Å². The molecule has 0 atom stereocenters. The number of benzene rings is 1. The third-order valence-electron chi connectivity index (χ3n) is 3.77. The zero-order valence-corrected chi connectivity index (χ0v) is 12.7. The normalized spacial score (nSPS) is 11.2. The molecule has 0 N–H and O–H groups in total. The second-order valence-electron chi connectivity index (χ2n) is 5.12. The lowest BCUT2D eigenvalue weighted by Gasteiger charge is -2.11. The molecule has 0 saturated heterocycles. The van der Waals surface area contributed by atoms with Crippen LogP contribution >= 0.6 is 11.6 Å². The molecule has 0 aliphatic rings. The van der Waals surface area contributed by atoms with Crippen LogP contribution in [0.3, 0.4) is 0 Å². The summed E-state index contributed by atoms with van der Waals surface area (Å²) in [6.45, 7) is 0. The number of hydrogen-bond donors (Lipinski definition) is 0. The van der Waals surface area contributed by atoms with E-state index in [0.29, 0.717) is 0 Å². The first kappa shape index (κ1) is 13.1. The Morgan fingerprint density at radius 2 is 1.77 bits per heavy atom. The summed E-state index contributed by atoms with van der Waals surface area (Å²) < 4.78 is 4.05. The maximum absolute atomic E-state index is 6.02. The van der Waals surface area contributed by atoms with Crippen molar-refractivity contribution in [3.8, 4) is 17.1 Å². The zero-order chi connectivity index (χ0) is 15.1. The number of pyridine rings is 1. The van der Waals surface area contributed by atoms with Crippen molar-refractivity contribution < 1.29 is 0 Å². The van der Waals surface area contributed by atoms with Crippen LogP contribution in [0.1, 0.15) is 0 Å². The molecule has 3 aromatic heterocycles. The van der Waals surface area contributed by atoms with Gasteiger partial charge >= 0.3 is 0 Å². The lowest BCUT2D eigenvalue weighted by atomic mass is 10.2. The van der Waals surface area contributed by atoms with Crippen LogP contribution in [0.25, 0.3) is 28.0 Å². The predicted octanol–water partition coefficient (Wildman–Crippen LogP) is 4.08. The van der Waals surface area contributed by atoms with Gasteiger partial charge in [-0.1, -0.05) is 11.6 Å². The fourth-order valence-corrected chi connectivity index (χ4v) is 2.86. The number of aromatic nitrogens is 4. The number of fused-ring (bicyclic) bond motifs is 1. The number of rotatable bonds is 2. The van der Waals surface area contributed by atoms with Gasteiger partial charge in [-0.3, -0.25) is 9.67 Å². The van der Waals surface area contributed by atoms with Gasteiger partial charge in [-0.2, -0.15) is 5.10 Å². The molecule has 0 amide bonds. The van der Waals surface area contributed by atoms with Crippen molar-refractivity contribution in [1.29, 1.82) is 0 Å². The fourth-order valence-electron chi connectivity index (χ4n) is 2.73. The summed E-state index contributed by atoms with van der Waals surface area (Å²) in [5.41, 5.74) is 4.22. The fraction of sp³-hybridized carbons (Fsp3) is 0.0588. The van der Waals surface area contributed by atoms with Crippen LogP contribution in [0.5, 0.6) is 0 Å². The highest BCUT2D eigenvalue weighted by Crippen LogP contribution is 2.31. The molecule has 22 heavy (non-hydrogen) atoms. The monoisotopic (exact) mass is 308 g/mol. The van der Waals surface area contributed by atoms with Crippen molar-refractivity contribution in [2.45, 2.75) is 0 Å². The summed E-state index contributed by atoms with van der Waals surface area (Å²) in [6, 6.07) is 14.0. The van der Waals surface area contributed by atoms with E-state index in [2.05, 4.69) is 20.7 Å². The first-order valence-electron chi connectivity index (χ1n) is 6.94. The van der Waals surface area contributed by atoms with Gasteiger partial charge in [-0.05, 0) is 42.5 Å². The molecule has 0 saturated carbocycles. The van der Waals surface area contributed by atoms with E-state index in [0.717, 1.165) is 33.0 Å². The van der Waals surface area contributed by atoms with Crippen LogP contribution in [0.15, 0.2) is 61.1 Å². The molecule has 5 heteroatoms. The van der Waals surface area contributed by atoms with Gasteiger partial charge in [0, 0.05) is 35.5 Å². The molecule has 1 aromatic carbocycles. The van der Waals surface area contributed by atoms with E-state index in [4.69, 9.17) is 11.6 Å². The van der Waals surface area contributed by atoms with Gasteiger partial charge in [0.25, 0.3) is 0 Å². The SMILES string of the molecule is Cn1nccc1-c1cc2ccncc2n1-c1ccc(Cl)cc1. The molecule has 0 aliphatic heterocycles. The summed E-state index contributed by atoms with van der Waals surface area (Å²) in [7, 11) is 1.94. The molecule has 0 aliphatic carbocycles. The highest BCUT2D eigenvalue weighted by Gasteiger charge is 2.14. The van der Waals surface area contributed by atoms with E-state index >= 15 is 0 Å². The summed E-state index contributed by atoms with van der Waals surface area (Å²) in [6.07, 6.45) is 5.49. The molecular weight excluding hydrogens is 296 g/mol. The van der Waals surface area contributed by atoms with E-state index in [1.165, 1.54) is 0 Å². The predicted molar refractivity (Wildman–Crippen MR) is 88.3 cm³/mol. The van der Waals surface area contributed by atoms with Crippen molar-refractivity contribution in [2.24, 2.45) is 7.05 Å². The first-order chi connectivity index (χ1) is 10.7. The Balaban J connectivity index is 2.06. The number of halogens is 1. The van der Waals surface area contributed by atoms with E-state index in [9.17, 15) is 0 Å². The van der Waals surface area contributed by atoms with Crippen molar-refractivity contribution in [2.75, 3.05) is 0 Å². The smallest absolute Gasteiger partial charge is 0.0847 e. The minimum Gasteiger partial charge on any atom is -0.306 e. The number of hydrogen-bond acceptors (Lipinski definition) is 2. The molecular formula is C17H13ClN4. The lowest BCUT2D eigenvalue weighted by molar-refractivity contribution is 0.771. The Labute approximate surface area is 132 Å². The van der Waals surface area contributed by atoms with Gasteiger partial charge in [0.1, 0.15) is 0 Å². The molecule has 0 fully saturated rings. The van der Waals surface area contributed by atoms with Gasteiger partial charge in [0.15, 0.2) is 0 Å². The van der Waals surface area contributed by atoms with E-state index < -0.39 is 0 Å². The molecule has 3 heterocycles. The Hall–Kier alpha value is -2.59. The first-order valence-corrected chi connectivity index (χ1v) is 7.31. The average Bonchev–Trinajstić information content (AvgIpc) is 3.11. The Kier molecular flexibility index (Phi) is 2.98. The van der Waals surface area contributed by atoms with Crippen molar-refractivity contribution >= 4 is 22.5 Å². The van der Waals surface area contributed by atoms with Gasteiger partial charge in [0.2, 0.25) is 0 Å². The molecule has 0 bridgehead atoms. The molecule has 0 spiro atoms. The van der Waals surface area contributed by atoms with Crippen LogP contribution in [-0.2, 0) is 7.05 Å². The third kappa shape index (κ3) is 2.00. The summed E-state index contributed by atoms with van der Waals surface area (Å²) in [5, 5.41) is 6.14. The topological polar surface area (TPSA) is 35.6 Å². The number of nitrogens with zero attached hydrogens (tertiary/aromatic N) is 4. The molecule has 4 aromatic rings.